The Morgan fingerprint density at radius 2 is 2.03 bits per heavy atom. The lowest BCUT2D eigenvalue weighted by atomic mass is 10.2. The molecule has 6 nitrogen and oxygen atoms in total. The van der Waals surface area contributed by atoms with Crippen molar-refractivity contribution >= 4 is 45.2 Å². The van der Waals surface area contributed by atoms with Gasteiger partial charge < -0.3 is 14.6 Å². The predicted octanol–water partition coefficient (Wildman–Crippen LogP) is 4.34. The van der Waals surface area contributed by atoms with Crippen LogP contribution in [0.3, 0.4) is 0 Å². The molecule has 1 aromatic carbocycles. The van der Waals surface area contributed by atoms with E-state index >= 15 is 0 Å². The molecule has 1 amide bonds. The van der Waals surface area contributed by atoms with Crippen LogP contribution in [0.25, 0.3) is 20.8 Å². The maximum atomic E-state index is 12.5. The molecule has 1 aliphatic heterocycles. The zero-order valence-corrected chi connectivity index (χ0v) is 18.8. The minimum Gasteiger partial charge on any atom is -0.379 e. The van der Waals surface area contributed by atoms with Crippen LogP contribution in [0.4, 0.5) is 5.69 Å². The van der Waals surface area contributed by atoms with Crippen molar-refractivity contribution in [1.82, 2.24) is 14.5 Å². The second-order valence-corrected chi connectivity index (χ2v) is 9.39. The van der Waals surface area contributed by atoms with Crippen LogP contribution < -0.4 is 5.32 Å². The summed E-state index contributed by atoms with van der Waals surface area (Å²) in [5, 5.41) is 9.12. The normalized spacial score (nSPS) is 14.8. The maximum Gasteiger partial charge on any atom is 0.230 e. The molecular formula is C23H24N4O2S2. The molecule has 4 heterocycles. The Bertz CT molecular complexity index is 1160. The number of amides is 1. The molecule has 1 saturated heterocycles. The Kier molecular flexibility index (Phi) is 6.13. The highest BCUT2D eigenvalue weighted by Gasteiger charge is 2.12. The van der Waals surface area contributed by atoms with Gasteiger partial charge in [-0.25, -0.2) is 4.98 Å². The summed E-state index contributed by atoms with van der Waals surface area (Å²) < 4.78 is 7.70. The largest absolute Gasteiger partial charge is 0.379 e. The number of benzene rings is 1. The van der Waals surface area contributed by atoms with E-state index in [0.29, 0.717) is 0 Å². The molecule has 0 unspecified atom stereocenters. The van der Waals surface area contributed by atoms with Gasteiger partial charge in [-0.3, -0.25) is 9.69 Å². The molecule has 0 radical (unpaired) electrons. The third-order valence-corrected chi connectivity index (χ3v) is 7.37. The average molecular weight is 453 g/mol. The summed E-state index contributed by atoms with van der Waals surface area (Å²) in [6, 6.07) is 12.3. The number of hydrogen-bond acceptors (Lipinski definition) is 6. The van der Waals surface area contributed by atoms with Gasteiger partial charge in [0.25, 0.3) is 0 Å². The lowest BCUT2D eigenvalue weighted by Crippen LogP contribution is -2.38. The van der Waals surface area contributed by atoms with Gasteiger partial charge in [0.2, 0.25) is 5.91 Å². The summed E-state index contributed by atoms with van der Waals surface area (Å²) in [6.07, 6.45) is 2.40. The number of carbonyl (C=O) groups excluding carboxylic acids is 1. The van der Waals surface area contributed by atoms with Crippen molar-refractivity contribution in [3.63, 3.8) is 0 Å². The molecule has 0 atom stereocenters. The Morgan fingerprint density at radius 3 is 2.87 bits per heavy atom. The number of ether oxygens (including phenoxy) is 1. The Hall–Kier alpha value is -2.52. The lowest BCUT2D eigenvalue weighted by Gasteiger charge is -2.26. The number of nitrogens with zero attached hydrogens (tertiary/aromatic N) is 3. The van der Waals surface area contributed by atoms with E-state index in [1.165, 1.54) is 5.52 Å². The fourth-order valence-electron chi connectivity index (χ4n) is 3.82. The van der Waals surface area contributed by atoms with Crippen LogP contribution in [-0.2, 0) is 22.5 Å². The number of carbonyl (C=O) groups is 1. The minimum absolute atomic E-state index is 0.0471. The molecule has 1 fully saturated rings. The van der Waals surface area contributed by atoms with Gasteiger partial charge in [0.05, 0.1) is 30.2 Å². The molecule has 1 N–H and O–H groups in total. The van der Waals surface area contributed by atoms with Crippen LogP contribution in [-0.4, -0.2) is 53.2 Å². The second-order valence-electron chi connectivity index (χ2n) is 7.58. The third kappa shape index (κ3) is 4.88. The van der Waals surface area contributed by atoms with Gasteiger partial charge in [0.15, 0.2) is 0 Å². The fraction of sp³-hybridized carbons (Fsp3) is 0.304. The maximum absolute atomic E-state index is 12.5. The minimum atomic E-state index is -0.0471. The van der Waals surface area contributed by atoms with Crippen LogP contribution in [0.1, 0.15) is 5.69 Å². The van der Waals surface area contributed by atoms with Crippen molar-refractivity contribution < 1.29 is 9.53 Å². The summed E-state index contributed by atoms with van der Waals surface area (Å²) >= 11 is 3.24. The smallest absolute Gasteiger partial charge is 0.230 e. The van der Waals surface area contributed by atoms with Crippen molar-refractivity contribution in [2.45, 2.75) is 13.0 Å². The summed E-state index contributed by atoms with van der Waals surface area (Å²) in [7, 11) is 0. The quantitative estimate of drug-likeness (QED) is 0.453. The molecule has 3 aromatic heterocycles. The monoisotopic (exact) mass is 452 g/mol. The first-order valence-corrected chi connectivity index (χ1v) is 12.2. The van der Waals surface area contributed by atoms with Crippen molar-refractivity contribution in [1.29, 1.82) is 0 Å². The fourth-order valence-corrected chi connectivity index (χ4v) is 5.45. The molecule has 31 heavy (non-hydrogen) atoms. The van der Waals surface area contributed by atoms with Crippen LogP contribution in [0.2, 0.25) is 0 Å². The lowest BCUT2D eigenvalue weighted by molar-refractivity contribution is -0.115. The summed E-state index contributed by atoms with van der Waals surface area (Å²) in [5.41, 5.74) is 2.81. The third-order valence-electron chi connectivity index (χ3n) is 5.44. The summed E-state index contributed by atoms with van der Waals surface area (Å²) in [6.45, 7) is 5.63. The van der Waals surface area contributed by atoms with E-state index in [2.05, 4.69) is 44.2 Å². The highest BCUT2D eigenvalue weighted by atomic mass is 32.1. The first-order chi connectivity index (χ1) is 15.2. The molecule has 5 rings (SSSR count). The van der Waals surface area contributed by atoms with E-state index in [1.54, 1.807) is 22.7 Å². The van der Waals surface area contributed by atoms with Gasteiger partial charge in [-0.2, -0.15) is 0 Å². The topological polar surface area (TPSA) is 59.4 Å². The van der Waals surface area contributed by atoms with Gasteiger partial charge in [-0.1, -0.05) is 6.07 Å². The van der Waals surface area contributed by atoms with Crippen molar-refractivity contribution in [2.75, 3.05) is 38.2 Å². The second kappa shape index (κ2) is 9.32. The Balaban J connectivity index is 1.20. The number of nitrogens with one attached hydrogen (secondary N) is 1. The van der Waals surface area contributed by atoms with E-state index in [4.69, 9.17) is 4.74 Å². The van der Waals surface area contributed by atoms with Crippen molar-refractivity contribution in [2.24, 2.45) is 0 Å². The SMILES string of the molecule is O=C(Cc1csc(-c2cccs2)n1)Nc1ccc2c(ccn2CCN2CCOCC2)c1. The number of morpholine rings is 1. The number of aromatic nitrogens is 2. The summed E-state index contributed by atoms with van der Waals surface area (Å²) in [4.78, 5) is 20.7. The average Bonchev–Trinajstić information content (AvgIpc) is 3.54. The molecule has 1 aliphatic rings. The highest BCUT2D eigenvalue weighted by Crippen LogP contribution is 2.28. The summed E-state index contributed by atoms with van der Waals surface area (Å²) in [5.74, 6) is -0.0471. The zero-order chi connectivity index (χ0) is 21.0. The number of thiophene rings is 1. The molecule has 0 aliphatic carbocycles. The standard InChI is InChI=1S/C23H24N4O2S2/c28-22(15-19-16-31-23(25-19)21-2-1-13-30-21)24-18-3-4-20-17(14-18)5-6-27(20)8-7-26-9-11-29-12-10-26/h1-6,13-14,16H,7-12,15H2,(H,24,28). The first-order valence-electron chi connectivity index (χ1n) is 10.4. The number of rotatable bonds is 7. The molecule has 4 aromatic rings. The molecule has 160 valence electrons. The van der Waals surface area contributed by atoms with E-state index in [-0.39, 0.29) is 12.3 Å². The van der Waals surface area contributed by atoms with Crippen molar-refractivity contribution in [3.05, 3.63) is 59.0 Å². The molecule has 0 bridgehead atoms. The van der Waals surface area contributed by atoms with Gasteiger partial charge >= 0.3 is 0 Å². The van der Waals surface area contributed by atoms with Gasteiger partial charge in [-0.15, -0.1) is 22.7 Å². The van der Waals surface area contributed by atoms with Gasteiger partial charge in [0, 0.05) is 54.3 Å². The van der Waals surface area contributed by atoms with E-state index < -0.39 is 0 Å². The Morgan fingerprint density at radius 1 is 1.13 bits per heavy atom. The van der Waals surface area contributed by atoms with Gasteiger partial charge in [0.1, 0.15) is 5.01 Å². The van der Waals surface area contributed by atoms with Crippen LogP contribution in [0.15, 0.2) is 53.4 Å². The molecule has 8 heteroatoms. The van der Waals surface area contributed by atoms with Crippen LogP contribution >= 0.6 is 22.7 Å². The molecule has 0 saturated carbocycles. The first kappa shape index (κ1) is 20.4. The Labute approximate surface area is 189 Å². The molecule has 0 spiro atoms. The van der Waals surface area contributed by atoms with E-state index in [1.807, 2.05) is 29.0 Å². The van der Waals surface area contributed by atoms with Gasteiger partial charge in [-0.05, 0) is 35.7 Å². The number of anilines is 1. The number of fused-ring (bicyclic) bond motifs is 1. The van der Waals surface area contributed by atoms with E-state index in [0.717, 1.165) is 66.0 Å². The predicted molar refractivity (Wildman–Crippen MR) is 127 cm³/mol. The molecular weight excluding hydrogens is 428 g/mol. The van der Waals surface area contributed by atoms with Crippen LogP contribution in [0.5, 0.6) is 0 Å². The number of hydrogen-bond donors (Lipinski definition) is 1. The zero-order valence-electron chi connectivity index (χ0n) is 17.1. The van der Waals surface area contributed by atoms with E-state index in [9.17, 15) is 4.79 Å². The van der Waals surface area contributed by atoms with Crippen LogP contribution in [0, 0.1) is 0 Å². The highest BCUT2D eigenvalue weighted by molar-refractivity contribution is 7.20. The van der Waals surface area contributed by atoms with Crippen molar-refractivity contribution in [3.8, 4) is 9.88 Å². The number of thiazole rings is 1.